The number of fused-ring (bicyclic) bond motifs is 2. The summed E-state index contributed by atoms with van der Waals surface area (Å²) in [5.41, 5.74) is 14.2. The maximum absolute atomic E-state index is 12.4. The summed E-state index contributed by atoms with van der Waals surface area (Å²) in [6.07, 6.45) is 2.04. The van der Waals surface area contributed by atoms with Crippen LogP contribution in [0.2, 0.25) is 0 Å². The van der Waals surface area contributed by atoms with Crippen molar-refractivity contribution in [1.82, 2.24) is 14.8 Å². The second kappa shape index (κ2) is 10.1. The molecule has 0 spiro atoms. The number of carbonyl (C=O) groups is 1. The number of nitrogens with two attached hydrogens (primary N) is 2. The number of unbranched alkanes of at least 4 members (excludes halogenated alkanes) is 1. The van der Waals surface area contributed by atoms with E-state index < -0.39 is 5.91 Å². The molecule has 10 heteroatoms. The SMILES string of the molecule is CN1CCN(CCCCNc2nc3sc(C(N)=O)c(-c4oc5cccc-5cc4N)c3cc2C#N)CC1. The van der Waals surface area contributed by atoms with Crippen molar-refractivity contribution in [3.8, 4) is 28.7 Å². The largest absolute Gasteiger partial charge is 0.454 e. The van der Waals surface area contributed by atoms with Crippen molar-refractivity contribution in [2.75, 3.05) is 57.4 Å². The fraction of sp³-hybridized carbons (Fsp3) is 0.346. The smallest absolute Gasteiger partial charge is 0.259 e. The minimum absolute atomic E-state index is 0.298. The molecule has 3 aliphatic rings. The third kappa shape index (κ3) is 4.73. The molecular formula is C26H29N7O2S. The number of nitriles is 1. The zero-order chi connectivity index (χ0) is 25.2. The summed E-state index contributed by atoms with van der Waals surface area (Å²) in [5, 5.41) is 13.8. The zero-order valence-corrected chi connectivity index (χ0v) is 21.0. The van der Waals surface area contributed by atoms with Gasteiger partial charge < -0.3 is 31.0 Å². The highest BCUT2D eigenvalue weighted by Gasteiger charge is 2.25. The predicted octanol–water partition coefficient (Wildman–Crippen LogP) is 3.65. The second-order valence-corrected chi connectivity index (χ2v) is 10.2. The molecule has 4 heterocycles. The third-order valence-corrected chi connectivity index (χ3v) is 7.75. The molecule has 0 radical (unpaired) electrons. The van der Waals surface area contributed by atoms with E-state index in [1.54, 1.807) is 12.1 Å². The lowest BCUT2D eigenvalue weighted by Crippen LogP contribution is -2.44. The van der Waals surface area contributed by atoms with Gasteiger partial charge in [0, 0.05) is 43.7 Å². The maximum Gasteiger partial charge on any atom is 0.259 e. The van der Waals surface area contributed by atoms with Gasteiger partial charge in [0.15, 0.2) is 5.76 Å². The van der Waals surface area contributed by atoms with Crippen LogP contribution in [0.25, 0.3) is 32.9 Å². The van der Waals surface area contributed by atoms with Gasteiger partial charge in [-0.3, -0.25) is 4.79 Å². The Kier molecular flexibility index (Phi) is 6.78. The number of thiophene rings is 1. The first-order chi connectivity index (χ1) is 17.4. The van der Waals surface area contributed by atoms with Crippen molar-refractivity contribution in [1.29, 1.82) is 5.26 Å². The van der Waals surface area contributed by atoms with E-state index >= 15 is 0 Å². The number of piperazine rings is 1. The lowest BCUT2D eigenvalue weighted by molar-refractivity contribution is 0.100. The van der Waals surface area contributed by atoms with E-state index in [4.69, 9.17) is 20.9 Å². The highest BCUT2D eigenvalue weighted by Crippen LogP contribution is 2.43. The van der Waals surface area contributed by atoms with Gasteiger partial charge in [-0.05, 0) is 44.6 Å². The molecule has 1 amide bonds. The van der Waals surface area contributed by atoms with Crippen LogP contribution in [0.1, 0.15) is 28.1 Å². The molecule has 0 bridgehead atoms. The Balaban J connectivity index is 1.39. The van der Waals surface area contributed by atoms with Crippen LogP contribution in [0.3, 0.4) is 0 Å². The average Bonchev–Trinajstić information content (AvgIpc) is 3.47. The van der Waals surface area contributed by atoms with Crippen LogP contribution in [0.4, 0.5) is 11.5 Å². The average molecular weight is 504 g/mol. The molecule has 2 aromatic heterocycles. The number of hydrogen-bond acceptors (Lipinski definition) is 9. The highest BCUT2D eigenvalue weighted by molar-refractivity contribution is 7.21. The van der Waals surface area contributed by atoms with Crippen LogP contribution in [-0.2, 0) is 0 Å². The molecule has 0 saturated carbocycles. The number of nitrogens with one attached hydrogen (secondary N) is 1. The van der Waals surface area contributed by atoms with Crippen LogP contribution in [0.5, 0.6) is 0 Å². The maximum atomic E-state index is 12.4. The fourth-order valence-corrected chi connectivity index (χ4v) is 5.61. The minimum atomic E-state index is -0.595. The normalized spacial score (nSPS) is 14.9. The van der Waals surface area contributed by atoms with Gasteiger partial charge in [0.2, 0.25) is 0 Å². The van der Waals surface area contributed by atoms with Gasteiger partial charge >= 0.3 is 0 Å². The first kappa shape index (κ1) is 24.1. The Bertz CT molecular complexity index is 1410. The molecule has 0 aromatic carbocycles. The molecule has 2 aliphatic heterocycles. The number of amides is 1. The van der Waals surface area contributed by atoms with E-state index in [-0.39, 0.29) is 0 Å². The van der Waals surface area contributed by atoms with Crippen LogP contribution in [0.15, 0.2) is 34.7 Å². The van der Waals surface area contributed by atoms with Crippen molar-refractivity contribution < 1.29 is 9.21 Å². The van der Waals surface area contributed by atoms with E-state index in [1.165, 1.54) is 11.3 Å². The molecule has 36 heavy (non-hydrogen) atoms. The number of nitrogens with zero attached hydrogens (tertiary/aromatic N) is 4. The van der Waals surface area contributed by atoms with Crippen molar-refractivity contribution in [3.63, 3.8) is 0 Å². The Morgan fingerprint density at radius 2 is 2.06 bits per heavy atom. The molecule has 0 unspecified atom stereocenters. The van der Waals surface area contributed by atoms with Gasteiger partial charge in [0.1, 0.15) is 27.4 Å². The number of primary amides is 1. The molecule has 9 nitrogen and oxygen atoms in total. The first-order valence-corrected chi connectivity index (χ1v) is 12.9. The molecular weight excluding hydrogens is 474 g/mol. The molecule has 0 atom stereocenters. The summed E-state index contributed by atoms with van der Waals surface area (Å²) in [7, 11) is 2.16. The van der Waals surface area contributed by atoms with Crippen molar-refractivity contribution in [2.24, 2.45) is 5.73 Å². The van der Waals surface area contributed by atoms with Crippen LogP contribution >= 0.6 is 11.3 Å². The molecule has 1 fully saturated rings. The molecule has 186 valence electrons. The van der Waals surface area contributed by atoms with E-state index in [0.717, 1.165) is 51.1 Å². The van der Waals surface area contributed by atoms with Crippen molar-refractivity contribution in [3.05, 3.63) is 40.8 Å². The monoisotopic (exact) mass is 503 g/mol. The zero-order valence-electron chi connectivity index (χ0n) is 20.2. The Morgan fingerprint density at radius 3 is 2.81 bits per heavy atom. The number of hydrogen-bond donors (Lipinski definition) is 3. The van der Waals surface area contributed by atoms with Crippen LogP contribution < -0.4 is 16.8 Å². The van der Waals surface area contributed by atoms with Gasteiger partial charge in [-0.1, -0.05) is 12.1 Å². The topological polar surface area (TPSA) is 137 Å². The predicted molar refractivity (Wildman–Crippen MR) is 143 cm³/mol. The van der Waals surface area contributed by atoms with E-state index in [0.29, 0.717) is 55.8 Å². The summed E-state index contributed by atoms with van der Waals surface area (Å²) >= 11 is 1.18. The van der Waals surface area contributed by atoms with Gasteiger partial charge in [0.05, 0.1) is 16.8 Å². The summed E-state index contributed by atoms with van der Waals surface area (Å²) in [4.78, 5) is 22.8. The summed E-state index contributed by atoms with van der Waals surface area (Å²) < 4.78 is 6.07. The molecule has 1 aliphatic carbocycles. The van der Waals surface area contributed by atoms with Gasteiger partial charge in [-0.2, -0.15) is 5.26 Å². The second-order valence-electron chi connectivity index (χ2n) is 9.17. The number of anilines is 2. The van der Waals surface area contributed by atoms with Crippen LogP contribution in [0, 0.1) is 11.3 Å². The molecule has 1 saturated heterocycles. The third-order valence-electron chi connectivity index (χ3n) is 6.64. The Morgan fingerprint density at radius 1 is 1.25 bits per heavy atom. The van der Waals surface area contributed by atoms with E-state index in [9.17, 15) is 10.1 Å². The molecule has 2 aromatic rings. The van der Waals surface area contributed by atoms with Crippen molar-refractivity contribution >= 4 is 39.0 Å². The Hall–Kier alpha value is -3.65. The molecule has 5 N–H and O–H groups in total. The summed E-state index contributed by atoms with van der Waals surface area (Å²) in [6.45, 7) is 6.23. The number of likely N-dealkylation sites (N-methyl/N-ethyl adjacent to an activating group) is 1. The lowest BCUT2D eigenvalue weighted by Gasteiger charge is -2.32. The van der Waals surface area contributed by atoms with E-state index in [2.05, 4.69) is 28.2 Å². The van der Waals surface area contributed by atoms with E-state index in [1.807, 2.05) is 18.2 Å². The number of rotatable bonds is 8. The van der Waals surface area contributed by atoms with Gasteiger partial charge in [-0.15, -0.1) is 11.3 Å². The highest BCUT2D eigenvalue weighted by atomic mass is 32.1. The number of aromatic nitrogens is 1. The minimum Gasteiger partial charge on any atom is -0.454 e. The van der Waals surface area contributed by atoms with Crippen LogP contribution in [-0.4, -0.2) is 67.0 Å². The van der Waals surface area contributed by atoms with Gasteiger partial charge in [0.25, 0.3) is 5.91 Å². The number of pyridine rings is 1. The Labute approximate surface area is 213 Å². The van der Waals surface area contributed by atoms with Crippen molar-refractivity contribution in [2.45, 2.75) is 12.8 Å². The summed E-state index contributed by atoms with van der Waals surface area (Å²) in [5.74, 6) is 0.910. The number of carbonyl (C=O) groups excluding carboxylic acids is 1. The number of nitrogen functional groups attached to an aromatic ring is 1. The lowest BCUT2D eigenvalue weighted by atomic mass is 10.0. The molecule has 5 rings (SSSR count). The standard InChI is InChI=1S/C26H29N7O2S/c1-32-9-11-33(12-10-32)8-3-2-7-30-25-17(15-27)13-18-21(23(24(29)34)36-26(18)31-25)22-19(28)14-16-5-4-6-20(16)35-22/h4-6,13-14H,2-3,7-12,28H2,1H3,(H2,29,34)(H,30,31). The first-order valence-electron chi connectivity index (χ1n) is 12.0. The summed E-state index contributed by atoms with van der Waals surface area (Å²) in [6, 6.07) is 11.4. The fourth-order valence-electron chi connectivity index (χ4n) is 4.61. The van der Waals surface area contributed by atoms with Gasteiger partial charge in [-0.25, -0.2) is 4.98 Å². The quantitative estimate of drug-likeness (QED) is 0.310.